The van der Waals surface area contributed by atoms with Gasteiger partial charge in [-0.2, -0.15) is 0 Å². The Hall–Kier alpha value is -2.16. The van der Waals surface area contributed by atoms with Crippen molar-refractivity contribution >= 4 is 11.8 Å². The van der Waals surface area contributed by atoms with Gasteiger partial charge in [0.25, 0.3) is 5.91 Å². The molecule has 0 atom stereocenters. The Morgan fingerprint density at radius 3 is 1.93 bits per heavy atom. The van der Waals surface area contributed by atoms with Gasteiger partial charge in [0.15, 0.2) is 23.4 Å². The predicted molar refractivity (Wildman–Crippen MR) is 176 cm³/mol. The summed E-state index contributed by atoms with van der Waals surface area (Å²) in [5.74, 6) is 0.590. The van der Waals surface area contributed by atoms with Crippen LogP contribution in [-0.4, -0.2) is 37.0 Å². The second kappa shape index (κ2) is 25.1. The first-order valence-corrected chi connectivity index (χ1v) is 17.1. The Bertz CT molecular complexity index is 1060. The molecule has 2 aromatic rings. The van der Waals surface area contributed by atoms with E-state index in [9.17, 15) is 9.59 Å². The number of carbonyl (C=O) groups excluding carboxylic acids is 2. The molecule has 1 aromatic heterocycles. The standard InChI is InChI=1S/C37H59N2O4.HI/c1-5-7-8-9-10-11-12-13-14-15-16-17-18-21-30-43-35-26-25-33(31-36(35)42-4)37(41)39(32(3)40)29-22-24-34-23-19-20-28-38(34)27-6-2;/h19-20,23,25-26,28,31H,5-18,21-22,24,27,29-30H2,1-4H3;1H/q+1;/p-1. The second-order valence-electron chi connectivity index (χ2n) is 11.8. The van der Waals surface area contributed by atoms with E-state index in [4.69, 9.17) is 9.47 Å². The summed E-state index contributed by atoms with van der Waals surface area (Å²) >= 11 is 0. The van der Waals surface area contributed by atoms with Gasteiger partial charge >= 0.3 is 0 Å². The van der Waals surface area contributed by atoms with Crippen LogP contribution in [0.5, 0.6) is 11.5 Å². The zero-order valence-corrected chi connectivity index (χ0v) is 30.2. The van der Waals surface area contributed by atoms with Crippen LogP contribution >= 0.6 is 0 Å². The van der Waals surface area contributed by atoms with Crippen LogP contribution in [-0.2, 0) is 17.8 Å². The fourth-order valence-electron chi connectivity index (χ4n) is 5.57. The molecule has 6 nitrogen and oxygen atoms in total. The predicted octanol–water partition coefficient (Wildman–Crippen LogP) is 5.88. The van der Waals surface area contributed by atoms with Gasteiger partial charge in [-0.15, -0.1) is 0 Å². The molecule has 0 radical (unpaired) electrons. The molecule has 7 heteroatoms. The van der Waals surface area contributed by atoms with Crippen LogP contribution in [0.15, 0.2) is 42.6 Å². The van der Waals surface area contributed by atoms with Crippen molar-refractivity contribution in [3.8, 4) is 11.5 Å². The number of aryl methyl sites for hydroxylation is 2. The zero-order valence-electron chi connectivity index (χ0n) is 28.1. The first-order valence-electron chi connectivity index (χ1n) is 17.1. The van der Waals surface area contributed by atoms with Crippen LogP contribution in [0.4, 0.5) is 0 Å². The van der Waals surface area contributed by atoms with Crippen molar-refractivity contribution in [1.29, 1.82) is 0 Å². The Labute approximate surface area is 285 Å². The van der Waals surface area contributed by atoms with Gasteiger partial charge < -0.3 is 33.5 Å². The van der Waals surface area contributed by atoms with Crippen LogP contribution in [0.1, 0.15) is 140 Å². The zero-order chi connectivity index (χ0) is 31.1. The molecular weight excluding hydrogens is 663 g/mol. The summed E-state index contributed by atoms with van der Waals surface area (Å²) in [4.78, 5) is 27.0. The topological polar surface area (TPSA) is 59.7 Å². The van der Waals surface area contributed by atoms with Crippen molar-refractivity contribution in [2.45, 2.75) is 136 Å². The minimum absolute atomic E-state index is 0. The number of ether oxygens (including phenoxy) is 2. The molecule has 2 amide bonds. The van der Waals surface area contributed by atoms with Gasteiger partial charge in [-0.05, 0) is 31.0 Å². The quantitative estimate of drug-likeness (QED) is 0.0773. The average molecular weight is 723 g/mol. The molecule has 0 spiro atoms. The van der Waals surface area contributed by atoms with Crippen LogP contribution in [0.3, 0.4) is 0 Å². The Kier molecular flexibility index (Phi) is 22.7. The lowest BCUT2D eigenvalue weighted by atomic mass is 10.0. The minimum atomic E-state index is -0.307. The summed E-state index contributed by atoms with van der Waals surface area (Å²) in [7, 11) is 1.58. The maximum absolute atomic E-state index is 13.3. The number of benzene rings is 1. The summed E-state index contributed by atoms with van der Waals surface area (Å²) in [6.45, 7) is 7.83. The lowest BCUT2D eigenvalue weighted by Gasteiger charge is -2.20. The number of carbonyl (C=O) groups is 2. The number of halogens is 1. The van der Waals surface area contributed by atoms with E-state index in [1.807, 2.05) is 12.1 Å². The van der Waals surface area contributed by atoms with Crippen LogP contribution < -0.4 is 38.0 Å². The van der Waals surface area contributed by atoms with Gasteiger partial charge in [-0.25, -0.2) is 4.57 Å². The lowest BCUT2D eigenvalue weighted by molar-refractivity contribution is -0.704. The number of aromatic nitrogens is 1. The SMILES string of the molecule is CCCCCCCCCCCCCCCCOc1ccc(C(=O)N(CCCc2cccc[n+]2CCC)C(C)=O)cc1OC.[I-]. The highest BCUT2D eigenvalue weighted by Crippen LogP contribution is 2.29. The first kappa shape index (κ1) is 39.9. The third kappa shape index (κ3) is 15.7. The van der Waals surface area contributed by atoms with Gasteiger partial charge in [0.1, 0.15) is 6.54 Å². The largest absolute Gasteiger partial charge is 1.00 e. The molecule has 0 bridgehead atoms. The van der Waals surface area contributed by atoms with Crippen molar-refractivity contribution < 1.29 is 47.6 Å². The summed E-state index contributed by atoms with van der Waals surface area (Å²) in [6.07, 6.45) is 23.2. The molecule has 0 saturated heterocycles. The Balaban J connectivity index is 0.00000968. The summed E-state index contributed by atoms with van der Waals surface area (Å²) < 4.78 is 13.8. The molecule has 2 rings (SSSR count). The summed E-state index contributed by atoms with van der Waals surface area (Å²) in [6, 6.07) is 11.4. The van der Waals surface area contributed by atoms with E-state index in [0.29, 0.717) is 36.6 Å². The highest BCUT2D eigenvalue weighted by atomic mass is 127. The van der Waals surface area contributed by atoms with E-state index < -0.39 is 0 Å². The van der Waals surface area contributed by atoms with Gasteiger partial charge in [0.05, 0.1) is 13.7 Å². The Morgan fingerprint density at radius 1 is 0.750 bits per heavy atom. The van der Waals surface area contributed by atoms with Gasteiger partial charge in [0.2, 0.25) is 5.91 Å². The fourth-order valence-corrected chi connectivity index (χ4v) is 5.57. The van der Waals surface area contributed by atoms with Crippen molar-refractivity contribution in [2.75, 3.05) is 20.3 Å². The molecule has 1 aromatic carbocycles. The van der Waals surface area contributed by atoms with Crippen molar-refractivity contribution in [2.24, 2.45) is 0 Å². The number of pyridine rings is 1. The molecular formula is C37H59IN2O4. The maximum Gasteiger partial charge on any atom is 0.260 e. The minimum Gasteiger partial charge on any atom is -1.00 e. The fraction of sp³-hybridized carbons (Fsp3) is 0.649. The number of unbranched alkanes of at least 4 members (excludes halogenated alkanes) is 13. The molecule has 0 saturated carbocycles. The molecule has 0 unspecified atom stereocenters. The molecule has 248 valence electrons. The molecule has 1 heterocycles. The number of hydrogen-bond donors (Lipinski definition) is 0. The highest BCUT2D eigenvalue weighted by molar-refractivity contribution is 6.04. The number of hydrogen-bond acceptors (Lipinski definition) is 4. The van der Waals surface area contributed by atoms with E-state index in [1.54, 1.807) is 25.3 Å². The normalized spacial score (nSPS) is 10.7. The van der Waals surface area contributed by atoms with Crippen molar-refractivity contribution in [1.82, 2.24) is 4.90 Å². The lowest BCUT2D eigenvalue weighted by Crippen LogP contribution is -3.00. The van der Waals surface area contributed by atoms with Crippen molar-refractivity contribution in [3.05, 3.63) is 53.9 Å². The van der Waals surface area contributed by atoms with E-state index in [2.05, 4.69) is 30.7 Å². The molecule has 44 heavy (non-hydrogen) atoms. The molecule has 0 N–H and O–H groups in total. The molecule has 0 aliphatic rings. The average Bonchev–Trinajstić information content (AvgIpc) is 3.01. The van der Waals surface area contributed by atoms with E-state index in [0.717, 1.165) is 32.2 Å². The van der Waals surface area contributed by atoms with E-state index in [1.165, 1.54) is 94.6 Å². The third-order valence-corrected chi connectivity index (χ3v) is 8.11. The molecule has 0 fully saturated rings. The van der Waals surface area contributed by atoms with Gasteiger partial charge in [-0.3, -0.25) is 14.5 Å². The monoisotopic (exact) mass is 722 g/mol. The van der Waals surface area contributed by atoms with E-state index in [-0.39, 0.29) is 35.8 Å². The summed E-state index contributed by atoms with van der Waals surface area (Å²) in [5.41, 5.74) is 1.64. The maximum atomic E-state index is 13.3. The smallest absolute Gasteiger partial charge is 0.260 e. The number of imide groups is 1. The number of rotatable bonds is 24. The molecule has 0 aliphatic carbocycles. The summed E-state index contributed by atoms with van der Waals surface area (Å²) in [5, 5.41) is 0. The van der Waals surface area contributed by atoms with Gasteiger partial charge in [-0.1, -0.05) is 103 Å². The van der Waals surface area contributed by atoms with E-state index >= 15 is 0 Å². The number of nitrogens with zero attached hydrogens (tertiary/aromatic N) is 2. The van der Waals surface area contributed by atoms with Gasteiger partial charge in [0, 0.05) is 44.0 Å². The Morgan fingerprint density at radius 2 is 1.36 bits per heavy atom. The van der Waals surface area contributed by atoms with Crippen LogP contribution in [0.2, 0.25) is 0 Å². The van der Waals surface area contributed by atoms with Crippen LogP contribution in [0.25, 0.3) is 0 Å². The third-order valence-electron chi connectivity index (χ3n) is 8.11. The second-order valence-corrected chi connectivity index (χ2v) is 11.8. The first-order chi connectivity index (χ1) is 21.0. The highest BCUT2D eigenvalue weighted by Gasteiger charge is 2.22. The number of amides is 2. The van der Waals surface area contributed by atoms with Crippen molar-refractivity contribution in [3.63, 3.8) is 0 Å². The van der Waals surface area contributed by atoms with Crippen LogP contribution in [0, 0.1) is 0 Å². The molecule has 0 aliphatic heterocycles. The number of methoxy groups -OCH3 is 1.